The number of aryl methyl sites for hydroxylation is 1. The summed E-state index contributed by atoms with van der Waals surface area (Å²) in [5, 5.41) is 13.0. The van der Waals surface area contributed by atoms with Gasteiger partial charge in [0.1, 0.15) is 11.4 Å². The van der Waals surface area contributed by atoms with Crippen LogP contribution in [-0.2, 0) is 17.9 Å². The van der Waals surface area contributed by atoms with Crippen molar-refractivity contribution in [3.8, 4) is 5.75 Å². The minimum absolute atomic E-state index is 0.0587. The van der Waals surface area contributed by atoms with E-state index in [0.717, 1.165) is 6.42 Å². The maximum Gasteiger partial charge on any atom is 0.278 e. The quantitative estimate of drug-likeness (QED) is 0.558. The van der Waals surface area contributed by atoms with Crippen molar-refractivity contribution in [1.82, 2.24) is 19.2 Å². The molecule has 9 nitrogen and oxygen atoms in total. The van der Waals surface area contributed by atoms with Crippen molar-refractivity contribution in [3.05, 3.63) is 80.4 Å². The van der Waals surface area contributed by atoms with E-state index in [-0.39, 0.29) is 23.5 Å². The van der Waals surface area contributed by atoms with Gasteiger partial charge in [0, 0.05) is 51.2 Å². The number of carbonyl (C=O) groups is 2. The summed E-state index contributed by atoms with van der Waals surface area (Å²) >= 11 is 0. The van der Waals surface area contributed by atoms with Crippen LogP contribution in [0.25, 0.3) is 5.52 Å². The number of nitrogens with one attached hydrogen (secondary N) is 1. The van der Waals surface area contributed by atoms with E-state index in [9.17, 15) is 28.7 Å². The zero-order chi connectivity index (χ0) is 23.5. The molecule has 1 saturated heterocycles. The molecule has 2 amide bonds. The number of aromatic hydroxyl groups is 1. The van der Waals surface area contributed by atoms with E-state index in [0.29, 0.717) is 38.0 Å². The fourth-order valence-corrected chi connectivity index (χ4v) is 3.89. The second-order valence-corrected chi connectivity index (χ2v) is 7.92. The van der Waals surface area contributed by atoms with E-state index < -0.39 is 28.5 Å². The molecule has 33 heavy (non-hydrogen) atoms. The number of aromatic nitrogens is 2. The maximum absolute atomic E-state index is 13.0. The van der Waals surface area contributed by atoms with Crippen molar-refractivity contribution in [3.63, 3.8) is 0 Å². The lowest BCUT2D eigenvalue weighted by molar-refractivity contribution is -0.127. The summed E-state index contributed by atoms with van der Waals surface area (Å²) < 4.78 is 15.6. The molecule has 0 spiro atoms. The topological polar surface area (TPSA) is 113 Å². The Morgan fingerprint density at radius 2 is 1.85 bits per heavy atom. The lowest BCUT2D eigenvalue weighted by atomic mass is 10.2. The van der Waals surface area contributed by atoms with Crippen molar-refractivity contribution in [2.75, 3.05) is 13.1 Å². The Kier molecular flexibility index (Phi) is 6.25. The fraction of sp³-hybridized carbons (Fsp3) is 0.304. The van der Waals surface area contributed by atoms with Crippen LogP contribution in [0.1, 0.15) is 35.2 Å². The molecule has 0 atom stereocenters. The number of pyridine rings is 1. The first-order valence-corrected chi connectivity index (χ1v) is 10.6. The Hall–Kier alpha value is -3.95. The van der Waals surface area contributed by atoms with Gasteiger partial charge in [-0.15, -0.1) is 0 Å². The Balaban J connectivity index is 1.52. The summed E-state index contributed by atoms with van der Waals surface area (Å²) in [7, 11) is 0. The summed E-state index contributed by atoms with van der Waals surface area (Å²) in [6.45, 7) is 1.62. The molecule has 172 valence electrons. The van der Waals surface area contributed by atoms with Crippen LogP contribution in [0.3, 0.4) is 0 Å². The minimum Gasteiger partial charge on any atom is -0.503 e. The standard InChI is InChI=1S/C23H23FN4O5/c24-16-6-4-15(5-7-16)13-25-22(32)17-14-28-12-11-27(23(33)19(28)21(31)20(17)30)10-2-9-26-8-1-3-18(26)29/h4-7,11-12,14,31H,1-3,8-10,13H2,(H,25,32). The molecule has 2 aromatic heterocycles. The Labute approximate surface area is 187 Å². The first kappa shape index (κ1) is 22.3. The number of rotatable bonds is 7. The molecule has 4 rings (SSSR count). The number of benzene rings is 1. The van der Waals surface area contributed by atoms with Gasteiger partial charge in [-0.25, -0.2) is 4.39 Å². The van der Waals surface area contributed by atoms with Gasteiger partial charge in [-0.05, 0) is 30.5 Å². The van der Waals surface area contributed by atoms with Gasteiger partial charge >= 0.3 is 0 Å². The van der Waals surface area contributed by atoms with E-state index in [1.54, 1.807) is 4.90 Å². The minimum atomic E-state index is -0.955. The highest BCUT2D eigenvalue weighted by Gasteiger charge is 2.21. The third-order valence-corrected chi connectivity index (χ3v) is 5.69. The maximum atomic E-state index is 13.0. The number of amides is 2. The van der Waals surface area contributed by atoms with Gasteiger partial charge in [-0.3, -0.25) is 19.2 Å². The molecule has 0 aliphatic carbocycles. The van der Waals surface area contributed by atoms with Gasteiger partial charge in [-0.2, -0.15) is 0 Å². The summed E-state index contributed by atoms with van der Waals surface area (Å²) in [6.07, 6.45) is 6.12. The van der Waals surface area contributed by atoms with Crippen molar-refractivity contribution < 1.29 is 19.1 Å². The van der Waals surface area contributed by atoms with E-state index in [1.165, 1.54) is 51.8 Å². The van der Waals surface area contributed by atoms with Crippen LogP contribution < -0.4 is 16.3 Å². The molecular formula is C23H23FN4O5. The predicted octanol–water partition coefficient (Wildman–Crippen LogP) is 1.25. The SMILES string of the molecule is O=C(NCc1ccc(F)cc1)c1cn2ccn(CCCN3CCCC3=O)c(=O)c2c(O)c1=O. The monoisotopic (exact) mass is 454 g/mol. The number of fused-ring (bicyclic) bond motifs is 1. The fourth-order valence-electron chi connectivity index (χ4n) is 3.89. The number of halogens is 1. The lowest BCUT2D eigenvalue weighted by Crippen LogP contribution is -2.31. The van der Waals surface area contributed by atoms with Crippen LogP contribution in [0.15, 0.2) is 52.4 Å². The highest BCUT2D eigenvalue weighted by Crippen LogP contribution is 2.13. The van der Waals surface area contributed by atoms with Crippen molar-refractivity contribution in [2.24, 2.45) is 0 Å². The van der Waals surface area contributed by atoms with Crippen LogP contribution >= 0.6 is 0 Å². The Morgan fingerprint density at radius 3 is 2.55 bits per heavy atom. The second-order valence-electron chi connectivity index (χ2n) is 7.92. The first-order chi connectivity index (χ1) is 15.8. The summed E-state index contributed by atoms with van der Waals surface area (Å²) in [5.41, 5.74) is -1.44. The Morgan fingerprint density at radius 1 is 1.09 bits per heavy atom. The zero-order valence-electron chi connectivity index (χ0n) is 17.8. The van der Waals surface area contributed by atoms with E-state index in [1.807, 2.05) is 0 Å². The summed E-state index contributed by atoms with van der Waals surface area (Å²) in [6, 6.07) is 5.52. The molecule has 0 unspecified atom stereocenters. The lowest BCUT2D eigenvalue weighted by Gasteiger charge is -2.16. The van der Waals surface area contributed by atoms with Crippen molar-refractivity contribution >= 4 is 17.3 Å². The first-order valence-electron chi connectivity index (χ1n) is 10.6. The van der Waals surface area contributed by atoms with Gasteiger partial charge in [0.25, 0.3) is 11.5 Å². The number of carbonyl (C=O) groups excluding carboxylic acids is 2. The molecule has 10 heteroatoms. The van der Waals surface area contributed by atoms with Crippen LogP contribution in [0, 0.1) is 5.82 Å². The summed E-state index contributed by atoms with van der Waals surface area (Å²) in [4.78, 5) is 51.4. The van der Waals surface area contributed by atoms with Crippen LogP contribution in [0.4, 0.5) is 4.39 Å². The number of hydrogen-bond acceptors (Lipinski definition) is 5. The smallest absolute Gasteiger partial charge is 0.278 e. The second kappa shape index (κ2) is 9.27. The molecule has 0 saturated carbocycles. The average molecular weight is 454 g/mol. The zero-order valence-corrected chi connectivity index (χ0v) is 17.8. The number of likely N-dealkylation sites (tertiary alicyclic amines) is 1. The van der Waals surface area contributed by atoms with Gasteiger partial charge < -0.3 is 24.3 Å². The van der Waals surface area contributed by atoms with Crippen molar-refractivity contribution in [2.45, 2.75) is 32.4 Å². The Bertz CT molecular complexity index is 1330. The molecule has 1 fully saturated rings. The van der Waals surface area contributed by atoms with E-state index >= 15 is 0 Å². The van der Waals surface area contributed by atoms with E-state index in [2.05, 4.69) is 5.32 Å². The third-order valence-electron chi connectivity index (χ3n) is 5.69. The summed E-state index contributed by atoms with van der Waals surface area (Å²) in [5.74, 6) is -1.83. The average Bonchev–Trinajstić information content (AvgIpc) is 3.21. The van der Waals surface area contributed by atoms with Crippen LogP contribution in [-0.4, -0.2) is 43.9 Å². The van der Waals surface area contributed by atoms with Crippen LogP contribution in [0.5, 0.6) is 5.75 Å². The molecule has 3 aromatic rings. The molecule has 0 bridgehead atoms. The molecule has 2 N–H and O–H groups in total. The van der Waals surface area contributed by atoms with Gasteiger partial charge in [0.15, 0.2) is 11.3 Å². The molecule has 3 heterocycles. The molecule has 1 aliphatic heterocycles. The molecular weight excluding hydrogens is 431 g/mol. The normalized spacial score (nSPS) is 13.6. The highest BCUT2D eigenvalue weighted by molar-refractivity contribution is 5.94. The van der Waals surface area contributed by atoms with Crippen LogP contribution in [0.2, 0.25) is 0 Å². The van der Waals surface area contributed by atoms with Gasteiger partial charge in [0.05, 0.1) is 0 Å². The highest BCUT2D eigenvalue weighted by atomic mass is 19.1. The molecule has 0 radical (unpaired) electrons. The number of hydrogen-bond donors (Lipinski definition) is 2. The molecule has 1 aliphatic rings. The van der Waals surface area contributed by atoms with E-state index in [4.69, 9.17) is 0 Å². The number of nitrogens with zero attached hydrogens (tertiary/aromatic N) is 3. The third kappa shape index (κ3) is 4.64. The van der Waals surface area contributed by atoms with Gasteiger partial charge in [0.2, 0.25) is 11.3 Å². The van der Waals surface area contributed by atoms with Gasteiger partial charge in [-0.1, -0.05) is 12.1 Å². The largest absolute Gasteiger partial charge is 0.503 e. The van der Waals surface area contributed by atoms with Crippen molar-refractivity contribution in [1.29, 1.82) is 0 Å². The molecule has 1 aromatic carbocycles. The predicted molar refractivity (Wildman–Crippen MR) is 118 cm³/mol.